The summed E-state index contributed by atoms with van der Waals surface area (Å²) in [5.74, 6) is 0. The molecule has 2 rings (SSSR count). The molecule has 0 aliphatic carbocycles. The highest BCUT2D eigenvalue weighted by molar-refractivity contribution is 7.89. The number of primary sulfonamides is 1. The first-order valence-electron chi connectivity index (χ1n) is 6.03. The van der Waals surface area contributed by atoms with Gasteiger partial charge in [-0.3, -0.25) is 15.5 Å². The number of hydrogen-bond acceptors (Lipinski definition) is 6. The number of hydrogen-bond donors (Lipinski definition) is 2. The smallest absolute Gasteiger partial charge is 0.270 e. The minimum atomic E-state index is -4.13. The van der Waals surface area contributed by atoms with E-state index in [0.717, 1.165) is 17.7 Å². The Bertz CT molecular complexity index is 819. The van der Waals surface area contributed by atoms with Gasteiger partial charge in [-0.2, -0.15) is 5.10 Å². The lowest BCUT2D eigenvalue weighted by molar-refractivity contribution is -0.385. The van der Waals surface area contributed by atoms with Gasteiger partial charge in [0.25, 0.3) is 5.69 Å². The fourth-order valence-electron chi connectivity index (χ4n) is 1.67. The average Bonchev–Trinajstić information content (AvgIpc) is 2.47. The zero-order valence-corrected chi connectivity index (χ0v) is 12.0. The molecule has 3 N–H and O–H groups in total. The lowest BCUT2D eigenvalue weighted by atomic mass is 10.2. The maximum absolute atomic E-state index is 11.5. The highest BCUT2D eigenvalue weighted by Gasteiger charge is 2.18. The van der Waals surface area contributed by atoms with Crippen LogP contribution in [-0.4, -0.2) is 19.6 Å². The summed E-state index contributed by atoms with van der Waals surface area (Å²) < 4.78 is 23.0. The number of rotatable bonds is 5. The van der Waals surface area contributed by atoms with Gasteiger partial charge in [-0.1, -0.05) is 30.3 Å². The second kappa shape index (κ2) is 6.33. The van der Waals surface area contributed by atoms with Crippen LogP contribution in [0.25, 0.3) is 0 Å². The molecule has 0 aliphatic heterocycles. The molecule has 0 amide bonds. The first kappa shape index (κ1) is 15.6. The van der Waals surface area contributed by atoms with Gasteiger partial charge in [0.2, 0.25) is 10.0 Å². The van der Waals surface area contributed by atoms with Crippen LogP contribution in [0.4, 0.5) is 11.4 Å². The normalized spacial score (nSPS) is 11.5. The van der Waals surface area contributed by atoms with E-state index in [1.165, 1.54) is 12.3 Å². The van der Waals surface area contributed by atoms with E-state index in [-0.39, 0.29) is 11.4 Å². The minimum Gasteiger partial charge on any atom is -0.277 e. The van der Waals surface area contributed by atoms with Gasteiger partial charge in [-0.05, 0) is 11.6 Å². The number of non-ortho nitro benzene ring substituents is 1. The van der Waals surface area contributed by atoms with Crippen molar-refractivity contribution < 1.29 is 13.3 Å². The van der Waals surface area contributed by atoms with Crippen molar-refractivity contribution in [2.24, 2.45) is 10.2 Å². The maximum atomic E-state index is 11.5. The highest BCUT2D eigenvalue weighted by Crippen LogP contribution is 2.25. The summed E-state index contributed by atoms with van der Waals surface area (Å²) in [7, 11) is -4.13. The Morgan fingerprint density at radius 1 is 1.18 bits per heavy atom. The van der Waals surface area contributed by atoms with E-state index in [1.807, 2.05) is 30.3 Å². The second-order valence-corrected chi connectivity index (χ2v) is 5.79. The van der Waals surface area contributed by atoms with Crippen LogP contribution in [0.1, 0.15) is 5.56 Å². The van der Waals surface area contributed by atoms with E-state index in [4.69, 9.17) is 5.14 Å². The summed E-state index contributed by atoms with van der Waals surface area (Å²) in [6, 6.07) is 12.4. The first-order chi connectivity index (χ1) is 10.4. The molecule has 0 aromatic heterocycles. The molecule has 2 aromatic rings. The number of benzene rings is 2. The molecule has 0 atom stereocenters. The van der Waals surface area contributed by atoms with Crippen molar-refractivity contribution in [1.29, 1.82) is 0 Å². The molecule has 8 nitrogen and oxygen atoms in total. The molecule has 0 bridgehead atoms. The topological polar surface area (TPSA) is 128 Å². The summed E-state index contributed by atoms with van der Waals surface area (Å²) in [5, 5.41) is 19.7. The number of nitrogens with one attached hydrogen (secondary N) is 1. The first-order valence-corrected chi connectivity index (χ1v) is 7.58. The molecule has 0 saturated heterocycles. The van der Waals surface area contributed by atoms with Gasteiger partial charge in [0, 0.05) is 12.1 Å². The van der Waals surface area contributed by atoms with E-state index in [2.05, 4.69) is 10.5 Å². The summed E-state index contributed by atoms with van der Waals surface area (Å²) in [6.45, 7) is 0. The van der Waals surface area contributed by atoms with Crippen molar-refractivity contribution >= 4 is 27.6 Å². The van der Waals surface area contributed by atoms with Crippen LogP contribution in [0.3, 0.4) is 0 Å². The molecule has 0 unspecified atom stereocenters. The van der Waals surface area contributed by atoms with Crippen LogP contribution in [0, 0.1) is 10.1 Å². The Kier molecular flexibility index (Phi) is 4.49. The van der Waals surface area contributed by atoms with Crippen molar-refractivity contribution in [3.8, 4) is 0 Å². The zero-order valence-electron chi connectivity index (χ0n) is 11.2. The van der Waals surface area contributed by atoms with Crippen LogP contribution >= 0.6 is 0 Å². The summed E-state index contributed by atoms with van der Waals surface area (Å²) in [5.41, 5.74) is 3.00. The van der Waals surface area contributed by atoms with E-state index >= 15 is 0 Å². The van der Waals surface area contributed by atoms with E-state index in [0.29, 0.717) is 0 Å². The van der Waals surface area contributed by atoms with Gasteiger partial charge in [-0.25, -0.2) is 13.6 Å². The number of nitro benzene ring substituents is 1. The van der Waals surface area contributed by atoms with Gasteiger partial charge in [-0.15, -0.1) is 0 Å². The third kappa shape index (κ3) is 3.87. The fraction of sp³-hybridized carbons (Fsp3) is 0. The van der Waals surface area contributed by atoms with E-state index < -0.39 is 19.8 Å². The standard InChI is InChI=1S/C13H12N4O4S/c14-22(20,21)13-8-11(17(18)19)6-7-12(13)16-15-9-10-4-2-1-3-5-10/h1-9,16H,(H2,14,20,21)/b15-9-. The predicted octanol–water partition coefficient (Wildman–Crippen LogP) is 1.69. The van der Waals surface area contributed by atoms with Crippen LogP contribution in [0.5, 0.6) is 0 Å². The number of nitrogens with zero attached hydrogens (tertiary/aromatic N) is 2. The number of sulfonamides is 1. The number of hydrazone groups is 1. The Morgan fingerprint density at radius 3 is 2.45 bits per heavy atom. The zero-order chi connectivity index (χ0) is 16.2. The molecule has 0 saturated carbocycles. The van der Waals surface area contributed by atoms with Gasteiger partial charge in [0.1, 0.15) is 4.90 Å². The van der Waals surface area contributed by atoms with Crippen molar-refractivity contribution in [3.63, 3.8) is 0 Å². The van der Waals surface area contributed by atoms with Gasteiger partial charge in [0.15, 0.2) is 0 Å². The average molecular weight is 320 g/mol. The molecular formula is C13H12N4O4S. The Morgan fingerprint density at radius 2 is 1.86 bits per heavy atom. The molecule has 0 radical (unpaired) electrons. The summed E-state index contributed by atoms with van der Waals surface area (Å²) >= 11 is 0. The van der Waals surface area contributed by atoms with E-state index in [1.54, 1.807) is 0 Å². The second-order valence-electron chi connectivity index (χ2n) is 4.26. The van der Waals surface area contributed by atoms with Gasteiger partial charge >= 0.3 is 0 Å². The Balaban J connectivity index is 2.31. The van der Waals surface area contributed by atoms with Crippen LogP contribution < -0.4 is 10.6 Å². The quantitative estimate of drug-likeness (QED) is 0.492. The van der Waals surface area contributed by atoms with E-state index in [9.17, 15) is 18.5 Å². The fourth-order valence-corrected chi connectivity index (χ4v) is 2.37. The monoisotopic (exact) mass is 320 g/mol. The van der Waals surface area contributed by atoms with Gasteiger partial charge < -0.3 is 0 Å². The molecule has 2 aromatic carbocycles. The third-order valence-corrected chi connectivity index (χ3v) is 3.63. The molecule has 114 valence electrons. The highest BCUT2D eigenvalue weighted by atomic mass is 32.2. The van der Waals surface area contributed by atoms with Crippen LogP contribution in [0.2, 0.25) is 0 Å². The predicted molar refractivity (Wildman–Crippen MR) is 82.1 cm³/mol. The lowest BCUT2D eigenvalue weighted by Crippen LogP contribution is -2.14. The number of nitrogens with two attached hydrogens (primary N) is 1. The van der Waals surface area contributed by atoms with Crippen molar-refractivity contribution in [1.82, 2.24) is 0 Å². The summed E-state index contributed by atoms with van der Waals surface area (Å²) in [6.07, 6.45) is 1.48. The maximum Gasteiger partial charge on any atom is 0.270 e. The molecule has 0 fully saturated rings. The molecule has 22 heavy (non-hydrogen) atoms. The van der Waals surface area contributed by atoms with Crippen molar-refractivity contribution in [3.05, 3.63) is 64.2 Å². The largest absolute Gasteiger partial charge is 0.277 e. The summed E-state index contributed by atoms with van der Waals surface area (Å²) in [4.78, 5) is 9.61. The van der Waals surface area contributed by atoms with Crippen molar-refractivity contribution in [2.45, 2.75) is 4.90 Å². The van der Waals surface area contributed by atoms with Gasteiger partial charge in [0.05, 0.1) is 16.8 Å². The number of anilines is 1. The third-order valence-electron chi connectivity index (χ3n) is 2.68. The number of nitro groups is 1. The molecule has 0 aliphatic rings. The molecule has 9 heteroatoms. The van der Waals surface area contributed by atoms with Crippen LogP contribution in [-0.2, 0) is 10.0 Å². The molecule has 0 heterocycles. The van der Waals surface area contributed by atoms with Crippen molar-refractivity contribution in [2.75, 3.05) is 5.43 Å². The van der Waals surface area contributed by atoms with Crippen LogP contribution in [0.15, 0.2) is 58.5 Å². The Labute approximate surface area is 126 Å². The lowest BCUT2D eigenvalue weighted by Gasteiger charge is -2.06. The molecular weight excluding hydrogens is 308 g/mol. The Hall–Kier alpha value is -2.78. The minimum absolute atomic E-state index is 0.0558. The SMILES string of the molecule is NS(=O)(=O)c1cc([N+](=O)[O-])ccc1N/N=C\c1ccccc1. The molecule has 0 spiro atoms.